The van der Waals surface area contributed by atoms with Gasteiger partial charge >= 0.3 is 103 Å². The summed E-state index contributed by atoms with van der Waals surface area (Å²) in [5.41, 5.74) is 0. The number of alkyl halides is 1. The van der Waals surface area contributed by atoms with Crippen molar-refractivity contribution in [3.8, 4) is 0 Å². The maximum absolute atomic E-state index is 6.28. The molecule has 1 fully saturated rings. The third-order valence-electron chi connectivity index (χ3n) is 2.75. The third-order valence-corrected chi connectivity index (χ3v) is 4.95. The first kappa shape index (κ1) is 13.3. The van der Waals surface area contributed by atoms with Crippen LogP contribution >= 0.6 is 17.4 Å². The molecule has 1 aliphatic heterocycles. The van der Waals surface area contributed by atoms with Crippen molar-refractivity contribution in [1.29, 1.82) is 0 Å². The molecule has 14 heavy (non-hydrogen) atoms. The normalized spacial score (nSPS) is 44.0. The summed E-state index contributed by atoms with van der Waals surface area (Å²) in [7, 11) is 5.80. The van der Waals surface area contributed by atoms with Gasteiger partial charge in [-0.25, -0.2) is 0 Å². The van der Waals surface area contributed by atoms with Gasteiger partial charge in [0.25, 0.3) is 0 Å². The van der Waals surface area contributed by atoms with Crippen molar-refractivity contribution < 1.29 is 28.1 Å². The molecular formula is C8H14BClO2PW+. The van der Waals surface area contributed by atoms with Gasteiger partial charge in [0, 0.05) is 0 Å². The average molecular weight is 403 g/mol. The van der Waals surface area contributed by atoms with Gasteiger partial charge < -0.3 is 0 Å². The van der Waals surface area contributed by atoms with Gasteiger partial charge in [-0.3, -0.25) is 0 Å². The quantitative estimate of drug-likeness (QED) is 0.408. The molecule has 5 atom stereocenters. The first-order valence-electron chi connectivity index (χ1n) is 4.49. The molecule has 2 radical (unpaired) electrons. The van der Waals surface area contributed by atoms with Crippen molar-refractivity contribution in [2.75, 3.05) is 13.3 Å². The van der Waals surface area contributed by atoms with E-state index in [2.05, 4.69) is 13.6 Å². The summed E-state index contributed by atoms with van der Waals surface area (Å²) in [5.74, 6) is -0.0353. The number of rotatable bonds is 3. The van der Waals surface area contributed by atoms with E-state index >= 15 is 0 Å². The zero-order chi connectivity index (χ0) is 10.9. The molecule has 1 heterocycles. The second-order valence-corrected chi connectivity index (χ2v) is 11.3. The zero-order valence-electron chi connectivity index (χ0n) is 8.57. The fourth-order valence-electron chi connectivity index (χ4n) is 1.42. The Kier molecular flexibility index (Phi) is 4.82. The van der Waals surface area contributed by atoms with E-state index in [4.69, 9.17) is 28.7 Å². The standard InChI is InChI=1S/C8H14BClO2P.W/c1-5-6(4-11-13-3)12-7(9)8(5,2)10;/h5-7H,4H2,1-3H3;/q-1;+2/t5-,6-,7-,8-;/m1./s1. The molecule has 0 N–H and O–H groups in total. The van der Waals surface area contributed by atoms with E-state index in [0.29, 0.717) is 6.61 Å². The molecule has 0 amide bonds. The van der Waals surface area contributed by atoms with E-state index < -0.39 is 4.87 Å². The number of hydrogen-bond acceptors (Lipinski definition) is 2. The predicted octanol–water partition coefficient (Wildman–Crippen LogP) is 2.02. The number of hydrogen-bond donors (Lipinski definition) is 0. The molecular weight excluding hydrogens is 389 g/mol. The number of halogens is 1. The van der Waals surface area contributed by atoms with Crippen LogP contribution in [0.2, 0.25) is 0 Å². The van der Waals surface area contributed by atoms with Gasteiger partial charge in [0.15, 0.2) is 0 Å². The van der Waals surface area contributed by atoms with Gasteiger partial charge in [-0.15, -0.1) is 0 Å². The minimum absolute atomic E-state index is 0.0387. The van der Waals surface area contributed by atoms with Crippen molar-refractivity contribution in [1.82, 2.24) is 0 Å². The summed E-state index contributed by atoms with van der Waals surface area (Å²) in [6, 6.07) is -0.389. The summed E-state index contributed by atoms with van der Waals surface area (Å²) in [5, 5.41) is 0. The maximum atomic E-state index is 6.28. The van der Waals surface area contributed by atoms with Gasteiger partial charge in [0.1, 0.15) is 0 Å². The molecule has 1 unspecified atom stereocenters. The first-order valence-corrected chi connectivity index (χ1v) is 10.4. The molecule has 0 bridgehead atoms. The van der Waals surface area contributed by atoms with Crippen LogP contribution in [0, 0.1) is 5.92 Å². The molecule has 0 aromatic carbocycles. The van der Waals surface area contributed by atoms with Crippen LogP contribution in [-0.4, -0.2) is 38.1 Å². The molecule has 0 aromatic rings. The summed E-state index contributed by atoms with van der Waals surface area (Å²) < 4.78 is 11.2. The van der Waals surface area contributed by atoms with Crippen LogP contribution in [0.5, 0.6) is 0 Å². The van der Waals surface area contributed by atoms with E-state index in [-0.39, 0.29) is 23.8 Å². The van der Waals surface area contributed by atoms with Gasteiger partial charge in [0.2, 0.25) is 0 Å². The Bertz CT molecular complexity index is 239. The van der Waals surface area contributed by atoms with Crippen molar-refractivity contribution in [2.24, 2.45) is 5.92 Å². The van der Waals surface area contributed by atoms with Crippen molar-refractivity contribution >= 4 is 25.2 Å². The predicted molar refractivity (Wildman–Crippen MR) is 56.6 cm³/mol. The van der Waals surface area contributed by atoms with Crippen molar-refractivity contribution in [3.63, 3.8) is 0 Å². The van der Waals surface area contributed by atoms with Crippen LogP contribution < -0.4 is 0 Å². The Labute approximate surface area is 103 Å². The molecule has 6 heteroatoms. The van der Waals surface area contributed by atoms with Crippen molar-refractivity contribution in [3.05, 3.63) is 0 Å². The first-order chi connectivity index (χ1) is 6.35. The van der Waals surface area contributed by atoms with Gasteiger partial charge in [-0.05, 0) is 0 Å². The molecule has 0 spiro atoms. The molecule has 2 nitrogen and oxygen atoms in total. The topological polar surface area (TPSA) is 18.5 Å². The molecule has 1 aliphatic rings. The van der Waals surface area contributed by atoms with Gasteiger partial charge in [-0.1, -0.05) is 0 Å². The second-order valence-electron chi connectivity index (χ2n) is 3.77. The van der Waals surface area contributed by atoms with Gasteiger partial charge in [0.05, 0.1) is 0 Å². The minimum atomic E-state index is -0.467. The van der Waals surface area contributed by atoms with Crippen LogP contribution in [0.25, 0.3) is 0 Å². The second kappa shape index (κ2) is 5.06. The van der Waals surface area contributed by atoms with Crippen molar-refractivity contribution in [2.45, 2.75) is 30.8 Å². The average Bonchev–Trinajstić information content (AvgIpc) is 2.26. The van der Waals surface area contributed by atoms with Gasteiger partial charge in [-0.2, -0.15) is 0 Å². The Morgan fingerprint density at radius 3 is 2.64 bits per heavy atom. The summed E-state index contributed by atoms with van der Waals surface area (Å²) in [4.78, 5) is -0.467. The Morgan fingerprint density at radius 2 is 2.29 bits per heavy atom. The third kappa shape index (κ3) is 2.89. The summed E-state index contributed by atoms with van der Waals surface area (Å²) in [6.07, 6.45) is 0.0387. The summed E-state index contributed by atoms with van der Waals surface area (Å²) >= 11 is 7.77. The van der Waals surface area contributed by atoms with E-state index in [9.17, 15) is 0 Å². The zero-order valence-corrected chi connectivity index (χ0v) is 13.2. The molecule has 0 aliphatic carbocycles. The van der Waals surface area contributed by atoms with E-state index in [1.54, 1.807) is 0 Å². The monoisotopic (exact) mass is 403 g/mol. The van der Waals surface area contributed by atoms with Crippen LogP contribution in [0.1, 0.15) is 13.8 Å². The molecule has 0 saturated carbocycles. The molecule has 1 saturated heterocycles. The molecule has 1 rings (SSSR count). The van der Waals surface area contributed by atoms with Crippen LogP contribution in [0.15, 0.2) is 0 Å². The molecule has 0 aromatic heterocycles. The van der Waals surface area contributed by atoms with E-state index in [1.165, 1.54) is 18.8 Å². The van der Waals surface area contributed by atoms with Crippen LogP contribution in [-0.2, 0) is 28.1 Å². The summed E-state index contributed by atoms with van der Waals surface area (Å²) in [6.45, 7) is 6.71. The van der Waals surface area contributed by atoms with E-state index in [1.807, 2.05) is 6.92 Å². The van der Waals surface area contributed by atoms with Crippen LogP contribution in [0.3, 0.4) is 0 Å². The molecule has 78 valence electrons. The number of ether oxygens (including phenoxy) is 1. The fourth-order valence-corrected chi connectivity index (χ4v) is 2.63. The Hall–Kier alpha value is 1.26. The fraction of sp³-hybridized carbons (Fsp3) is 1.00. The SMILES string of the molecule is [B][C@@H]1O[C@H](CO[P+](C)=[W])[C@@H](C)[C@@]1(C)Cl. The Balaban J connectivity index is 2.54. The van der Waals surface area contributed by atoms with Crippen LogP contribution in [0.4, 0.5) is 0 Å². The Morgan fingerprint density at radius 1 is 1.71 bits per heavy atom. The van der Waals surface area contributed by atoms with E-state index in [0.717, 1.165) is 0 Å².